The summed E-state index contributed by atoms with van der Waals surface area (Å²) in [5.74, 6) is 0.968. The lowest BCUT2D eigenvalue weighted by atomic mass is 9.99. The fourth-order valence-electron chi connectivity index (χ4n) is 2.33. The van der Waals surface area contributed by atoms with Gasteiger partial charge in [0, 0.05) is 25.1 Å². The molecule has 0 saturated carbocycles. The van der Waals surface area contributed by atoms with Crippen LogP contribution >= 0.6 is 0 Å². The van der Waals surface area contributed by atoms with E-state index < -0.39 is 0 Å². The summed E-state index contributed by atoms with van der Waals surface area (Å²) in [6.45, 7) is 3.77. The molecule has 1 aliphatic heterocycles. The van der Waals surface area contributed by atoms with Crippen molar-refractivity contribution < 1.29 is 9.53 Å². The number of fused-ring (bicyclic) bond motifs is 1. The van der Waals surface area contributed by atoms with Crippen LogP contribution in [0.2, 0.25) is 0 Å². The summed E-state index contributed by atoms with van der Waals surface area (Å²) in [7, 11) is 2.05. The van der Waals surface area contributed by atoms with Gasteiger partial charge in [-0.1, -0.05) is 25.1 Å². The molecule has 1 atom stereocenters. The van der Waals surface area contributed by atoms with Gasteiger partial charge in [0.05, 0.1) is 0 Å². The van der Waals surface area contributed by atoms with E-state index in [-0.39, 0.29) is 6.10 Å². The highest BCUT2D eigenvalue weighted by atomic mass is 16.5. The van der Waals surface area contributed by atoms with E-state index in [1.54, 1.807) is 0 Å². The lowest BCUT2D eigenvalue weighted by Crippen LogP contribution is -2.26. The van der Waals surface area contributed by atoms with Gasteiger partial charge in [0.15, 0.2) is 0 Å². The number of likely N-dealkylation sites (N-methyl/N-ethyl adjacent to an activating group) is 1. The molecular weight excluding hydrogens is 238 g/mol. The first-order valence-corrected chi connectivity index (χ1v) is 6.83. The monoisotopic (exact) mass is 259 g/mol. The molecule has 1 heterocycles. The predicted octanol–water partition coefficient (Wildman–Crippen LogP) is 2.76. The SMILES string of the molecule is CCC1C=C(CN(C)CCC=O)c2ccccc2O1. The Hall–Kier alpha value is -1.61. The molecule has 1 aromatic carbocycles. The Kier molecular flexibility index (Phi) is 4.74. The van der Waals surface area contributed by atoms with Gasteiger partial charge < -0.3 is 14.4 Å². The van der Waals surface area contributed by atoms with E-state index in [4.69, 9.17) is 4.74 Å². The molecule has 3 nitrogen and oxygen atoms in total. The number of rotatable bonds is 6. The van der Waals surface area contributed by atoms with Gasteiger partial charge in [-0.2, -0.15) is 0 Å². The summed E-state index contributed by atoms with van der Waals surface area (Å²) in [6.07, 6.45) is 4.89. The van der Waals surface area contributed by atoms with Gasteiger partial charge in [0.25, 0.3) is 0 Å². The van der Waals surface area contributed by atoms with E-state index in [0.29, 0.717) is 6.42 Å². The van der Waals surface area contributed by atoms with Crippen molar-refractivity contribution >= 4 is 11.9 Å². The minimum Gasteiger partial charge on any atom is -0.486 e. The van der Waals surface area contributed by atoms with Crippen LogP contribution < -0.4 is 4.74 Å². The maximum Gasteiger partial charge on any atom is 0.127 e. The molecule has 19 heavy (non-hydrogen) atoms. The fraction of sp³-hybridized carbons (Fsp3) is 0.438. The van der Waals surface area contributed by atoms with Crippen molar-refractivity contribution in [3.05, 3.63) is 35.9 Å². The topological polar surface area (TPSA) is 29.5 Å². The molecule has 0 aromatic heterocycles. The summed E-state index contributed by atoms with van der Waals surface area (Å²) >= 11 is 0. The fourth-order valence-corrected chi connectivity index (χ4v) is 2.33. The number of hydrogen-bond donors (Lipinski definition) is 0. The molecule has 102 valence electrons. The number of para-hydroxylation sites is 1. The first kappa shape index (κ1) is 13.8. The Bertz CT molecular complexity index is 468. The second kappa shape index (κ2) is 6.53. The smallest absolute Gasteiger partial charge is 0.127 e. The highest BCUT2D eigenvalue weighted by Crippen LogP contribution is 2.32. The second-order valence-corrected chi connectivity index (χ2v) is 4.95. The number of carbonyl (C=O) groups excluding carboxylic acids is 1. The third-order valence-corrected chi connectivity index (χ3v) is 3.37. The molecule has 3 heteroatoms. The van der Waals surface area contributed by atoms with Gasteiger partial charge in [-0.3, -0.25) is 0 Å². The van der Waals surface area contributed by atoms with Gasteiger partial charge in [-0.25, -0.2) is 0 Å². The molecule has 0 spiro atoms. The van der Waals surface area contributed by atoms with E-state index in [9.17, 15) is 4.79 Å². The van der Waals surface area contributed by atoms with Crippen molar-refractivity contribution in [2.24, 2.45) is 0 Å². The van der Waals surface area contributed by atoms with Crippen molar-refractivity contribution in [3.63, 3.8) is 0 Å². The van der Waals surface area contributed by atoms with Crippen molar-refractivity contribution in [1.29, 1.82) is 0 Å². The molecule has 1 aliphatic rings. The molecule has 0 saturated heterocycles. The molecule has 1 aromatic rings. The summed E-state index contributed by atoms with van der Waals surface area (Å²) in [4.78, 5) is 12.6. The van der Waals surface area contributed by atoms with Crippen LogP contribution in [0, 0.1) is 0 Å². The number of benzene rings is 1. The predicted molar refractivity (Wildman–Crippen MR) is 77.3 cm³/mol. The molecule has 2 rings (SSSR count). The summed E-state index contributed by atoms with van der Waals surface area (Å²) in [5.41, 5.74) is 2.47. The Balaban J connectivity index is 2.16. The van der Waals surface area contributed by atoms with Crippen molar-refractivity contribution in [1.82, 2.24) is 4.90 Å². The highest BCUT2D eigenvalue weighted by Gasteiger charge is 2.19. The number of aldehydes is 1. The minimum absolute atomic E-state index is 0.157. The quantitative estimate of drug-likeness (QED) is 0.736. The van der Waals surface area contributed by atoms with Crippen LogP contribution in [0.4, 0.5) is 0 Å². The average Bonchev–Trinajstić information content (AvgIpc) is 2.44. The van der Waals surface area contributed by atoms with Gasteiger partial charge >= 0.3 is 0 Å². The van der Waals surface area contributed by atoms with E-state index >= 15 is 0 Å². The summed E-state index contributed by atoms with van der Waals surface area (Å²) < 4.78 is 5.92. The van der Waals surface area contributed by atoms with E-state index in [1.807, 2.05) is 25.2 Å². The third-order valence-electron chi connectivity index (χ3n) is 3.37. The van der Waals surface area contributed by atoms with E-state index in [0.717, 1.165) is 31.5 Å². The lowest BCUT2D eigenvalue weighted by molar-refractivity contribution is -0.108. The zero-order chi connectivity index (χ0) is 13.7. The van der Waals surface area contributed by atoms with Crippen LogP contribution in [-0.4, -0.2) is 37.4 Å². The standard InChI is InChI=1S/C16H21NO2/c1-3-14-11-13(12-17(2)9-6-10-18)15-7-4-5-8-16(15)19-14/h4-5,7-8,10-11,14H,3,6,9,12H2,1-2H3. The Morgan fingerprint density at radius 1 is 1.37 bits per heavy atom. The molecule has 0 fully saturated rings. The molecule has 0 aliphatic carbocycles. The van der Waals surface area contributed by atoms with Crippen LogP contribution in [0.5, 0.6) is 5.75 Å². The molecule has 0 N–H and O–H groups in total. The van der Waals surface area contributed by atoms with Gasteiger partial charge in [0.1, 0.15) is 18.1 Å². The van der Waals surface area contributed by atoms with Crippen LogP contribution in [0.1, 0.15) is 25.3 Å². The zero-order valence-corrected chi connectivity index (χ0v) is 11.6. The number of ether oxygens (including phenoxy) is 1. The second-order valence-electron chi connectivity index (χ2n) is 4.95. The molecule has 1 unspecified atom stereocenters. The van der Waals surface area contributed by atoms with E-state index in [1.165, 1.54) is 11.1 Å². The summed E-state index contributed by atoms with van der Waals surface area (Å²) in [5, 5.41) is 0. The lowest BCUT2D eigenvalue weighted by Gasteiger charge is -2.27. The van der Waals surface area contributed by atoms with Gasteiger partial charge in [-0.15, -0.1) is 0 Å². The van der Waals surface area contributed by atoms with Crippen molar-refractivity contribution in [2.45, 2.75) is 25.9 Å². The van der Waals surface area contributed by atoms with Crippen LogP contribution in [-0.2, 0) is 4.79 Å². The number of hydrogen-bond acceptors (Lipinski definition) is 3. The minimum atomic E-state index is 0.157. The third kappa shape index (κ3) is 3.44. The van der Waals surface area contributed by atoms with E-state index in [2.05, 4.69) is 24.0 Å². The maximum absolute atomic E-state index is 10.4. The molecule has 0 amide bonds. The highest BCUT2D eigenvalue weighted by molar-refractivity contribution is 5.73. The van der Waals surface area contributed by atoms with Crippen molar-refractivity contribution in [2.75, 3.05) is 20.1 Å². The van der Waals surface area contributed by atoms with Crippen LogP contribution in [0.15, 0.2) is 30.3 Å². The van der Waals surface area contributed by atoms with Gasteiger partial charge in [0.2, 0.25) is 0 Å². The molecular formula is C16H21NO2. The van der Waals surface area contributed by atoms with Crippen molar-refractivity contribution in [3.8, 4) is 5.75 Å². The maximum atomic E-state index is 10.4. The number of carbonyl (C=O) groups is 1. The molecule has 0 radical (unpaired) electrons. The largest absolute Gasteiger partial charge is 0.486 e. The normalized spacial score (nSPS) is 17.6. The summed E-state index contributed by atoms with van der Waals surface area (Å²) in [6, 6.07) is 8.16. The Morgan fingerprint density at radius 3 is 2.89 bits per heavy atom. The molecule has 0 bridgehead atoms. The van der Waals surface area contributed by atoms with Crippen LogP contribution in [0.3, 0.4) is 0 Å². The van der Waals surface area contributed by atoms with Crippen LogP contribution in [0.25, 0.3) is 5.57 Å². The Morgan fingerprint density at radius 2 is 2.16 bits per heavy atom. The Labute approximate surface area is 114 Å². The zero-order valence-electron chi connectivity index (χ0n) is 11.6. The first-order valence-electron chi connectivity index (χ1n) is 6.83. The average molecular weight is 259 g/mol. The first-order chi connectivity index (χ1) is 9.24. The number of nitrogens with zero attached hydrogens (tertiary/aromatic N) is 1. The van der Waals surface area contributed by atoms with Gasteiger partial charge in [-0.05, 0) is 31.2 Å².